The predicted molar refractivity (Wildman–Crippen MR) is 210 cm³/mol. The summed E-state index contributed by atoms with van der Waals surface area (Å²) in [5, 5.41) is 9.45. The van der Waals surface area contributed by atoms with Gasteiger partial charge in [0.25, 0.3) is 0 Å². The molecule has 294 valence electrons. The third kappa shape index (κ3) is 10.8. The van der Waals surface area contributed by atoms with Crippen molar-refractivity contribution in [3.8, 4) is 11.3 Å². The van der Waals surface area contributed by atoms with E-state index in [4.69, 9.17) is 5.10 Å². The molecule has 0 unspecified atom stereocenters. The highest BCUT2D eigenvalue weighted by Crippen LogP contribution is 2.73. The lowest BCUT2D eigenvalue weighted by Gasteiger charge is -2.44. The van der Waals surface area contributed by atoms with E-state index >= 15 is 0 Å². The van der Waals surface area contributed by atoms with Crippen molar-refractivity contribution in [2.75, 3.05) is 0 Å². The van der Waals surface area contributed by atoms with Crippen LogP contribution in [0.2, 0.25) is 0 Å². The van der Waals surface area contributed by atoms with Gasteiger partial charge >= 0.3 is 6.18 Å². The normalized spacial score (nSPS) is 19.1. The Hall–Kier alpha value is -1.98. The maximum Gasteiger partial charge on any atom is 0.419 e. The Morgan fingerprint density at radius 2 is 1.08 bits per heavy atom. The van der Waals surface area contributed by atoms with Crippen molar-refractivity contribution in [3.05, 3.63) is 46.9 Å². The molecule has 4 rings (SSSR count). The van der Waals surface area contributed by atoms with Gasteiger partial charge in [-0.25, -0.2) is 4.39 Å². The van der Waals surface area contributed by atoms with Crippen molar-refractivity contribution in [1.29, 1.82) is 0 Å². The number of hydrogen-bond donors (Lipinski definition) is 0. The lowest BCUT2D eigenvalue weighted by Crippen LogP contribution is -2.40. The maximum atomic E-state index is 14.7. The standard InChI is InChI=1S/C46H72F4N2/c1-4-7-10-13-16-19-22-25-32-44(33-26-23-20-17-14-11-8-5-2)39-31-35-45(44,34-27-24-21-18-15-12-9-6-3)43-38(39)36-41(51-52-43)37-29-28-30-40(47)42(37)46(48,49)50/h28-30,36,39H,4-27,31-35H2,1-3H3/t39-,45+/m0/s1. The number of alkyl halides is 3. The zero-order valence-electron chi connectivity index (χ0n) is 33.3. The Balaban J connectivity index is 1.62. The van der Waals surface area contributed by atoms with Crippen molar-refractivity contribution in [3.63, 3.8) is 0 Å². The summed E-state index contributed by atoms with van der Waals surface area (Å²) in [4.78, 5) is 0. The van der Waals surface area contributed by atoms with E-state index in [1.165, 1.54) is 179 Å². The molecule has 0 amide bonds. The van der Waals surface area contributed by atoms with Gasteiger partial charge in [-0.15, -0.1) is 0 Å². The number of benzene rings is 1. The summed E-state index contributed by atoms with van der Waals surface area (Å²) in [6, 6.07) is 5.52. The molecule has 2 bridgehead atoms. The zero-order chi connectivity index (χ0) is 37.3. The minimum atomic E-state index is -4.81. The van der Waals surface area contributed by atoms with Gasteiger partial charge in [0.1, 0.15) is 11.4 Å². The lowest BCUT2D eigenvalue weighted by molar-refractivity contribution is -0.139. The van der Waals surface area contributed by atoms with Crippen LogP contribution in [0.15, 0.2) is 24.3 Å². The molecule has 6 heteroatoms. The van der Waals surface area contributed by atoms with Crippen LogP contribution >= 0.6 is 0 Å². The molecule has 0 saturated heterocycles. The first-order chi connectivity index (χ1) is 25.3. The van der Waals surface area contributed by atoms with E-state index in [1.54, 1.807) is 0 Å². The Kier molecular flexibility index (Phi) is 17.9. The Morgan fingerprint density at radius 1 is 0.615 bits per heavy atom. The van der Waals surface area contributed by atoms with Gasteiger partial charge in [0.15, 0.2) is 0 Å². The third-order valence-corrected chi connectivity index (χ3v) is 13.1. The fraction of sp³-hybridized carbons (Fsp3) is 0.783. The summed E-state index contributed by atoms with van der Waals surface area (Å²) in [7, 11) is 0. The van der Waals surface area contributed by atoms with Crippen LogP contribution in [0.25, 0.3) is 11.3 Å². The van der Waals surface area contributed by atoms with Gasteiger partial charge in [0, 0.05) is 11.0 Å². The van der Waals surface area contributed by atoms with Crippen LogP contribution in [-0.4, -0.2) is 10.2 Å². The van der Waals surface area contributed by atoms with Crippen LogP contribution < -0.4 is 0 Å². The first-order valence-electron chi connectivity index (χ1n) is 22.0. The second kappa shape index (κ2) is 21.8. The molecule has 2 atom stereocenters. The fourth-order valence-electron chi connectivity index (χ4n) is 10.4. The van der Waals surface area contributed by atoms with Crippen molar-refractivity contribution in [2.24, 2.45) is 5.41 Å². The van der Waals surface area contributed by atoms with Crippen molar-refractivity contribution >= 4 is 0 Å². The molecule has 0 radical (unpaired) electrons. The fourth-order valence-corrected chi connectivity index (χ4v) is 10.4. The van der Waals surface area contributed by atoms with Crippen LogP contribution in [0.4, 0.5) is 17.6 Å². The molecule has 1 fully saturated rings. The molecule has 1 aromatic heterocycles. The van der Waals surface area contributed by atoms with Gasteiger partial charge in [-0.3, -0.25) is 0 Å². The van der Waals surface area contributed by atoms with E-state index in [1.807, 2.05) is 6.07 Å². The first-order valence-corrected chi connectivity index (χ1v) is 22.0. The van der Waals surface area contributed by atoms with Gasteiger partial charge in [-0.1, -0.05) is 187 Å². The highest BCUT2D eigenvalue weighted by molar-refractivity contribution is 5.66. The second-order valence-corrected chi connectivity index (χ2v) is 16.7. The maximum absolute atomic E-state index is 14.7. The van der Waals surface area contributed by atoms with E-state index in [2.05, 4.69) is 25.9 Å². The first kappa shape index (κ1) is 42.8. The summed E-state index contributed by atoms with van der Waals surface area (Å²) in [5.41, 5.74) is 0.922. The smallest absolute Gasteiger partial charge is 0.206 e. The molecule has 2 nitrogen and oxygen atoms in total. The Labute approximate surface area is 315 Å². The Bertz CT molecular complexity index is 1290. The SMILES string of the molecule is CCCCCCCCCCC1(CCCCCCCCCC)[C@H]2CC[C@]1(CCCCCCCCCC)c1nnc(-c3cccc(F)c3C(F)(F)F)cc12. The summed E-state index contributed by atoms with van der Waals surface area (Å²) in [5.74, 6) is -0.971. The van der Waals surface area contributed by atoms with E-state index in [0.717, 1.165) is 36.6 Å². The number of aromatic nitrogens is 2. The molecule has 0 spiro atoms. The molecule has 52 heavy (non-hydrogen) atoms. The molecule has 0 aliphatic heterocycles. The van der Waals surface area contributed by atoms with E-state index in [0.29, 0.717) is 0 Å². The molecule has 0 N–H and O–H groups in total. The highest BCUT2D eigenvalue weighted by atomic mass is 19.4. The Morgan fingerprint density at radius 3 is 1.56 bits per heavy atom. The number of rotatable bonds is 28. The molecular formula is C46H72F4N2. The quantitative estimate of drug-likeness (QED) is 0.0644. The summed E-state index contributed by atoms with van der Waals surface area (Å²) in [6.45, 7) is 6.80. The number of unbranched alkanes of at least 4 members (excludes halogenated alkanes) is 21. The number of hydrogen-bond acceptors (Lipinski definition) is 2. The van der Waals surface area contributed by atoms with Gasteiger partial charge in [-0.05, 0) is 61.1 Å². The van der Waals surface area contributed by atoms with Crippen LogP contribution in [-0.2, 0) is 11.6 Å². The van der Waals surface area contributed by atoms with Gasteiger partial charge in [0.05, 0.1) is 11.4 Å². The number of fused-ring (bicyclic) bond motifs is 5. The zero-order valence-corrected chi connectivity index (χ0v) is 33.3. The van der Waals surface area contributed by atoms with Crippen LogP contribution in [0, 0.1) is 11.2 Å². The summed E-state index contributed by atoms with van der Waals surface area (Å²) in [6.07, 6.45) is 31.6. The monoisotopic (exact) mass is 729 g/mol. The molecule has 1 saturated carbocycles. The van der Waals surface area contributed by atoms with Gasteiger partial charge in [0.2, 0.25) is 0 Å². The van der Waals surface area contributed by atoms with Crippen molar-refractivity contribution in [2.45, 2.75) is 224 Å². The van der Waals surface area contributed by atoms with Crippen molar-refractivity contribution < 1.29 is 17.6 Å². The van der Waals surface area contributed by atoms with Crippen LogP contribution in [0.3, 0.4) is 0 Å². The second-order valence-electron chi connectivity index (χ2n) is 16.7. The minimum absolute atomic E-state index is 0.0716. The average molecular weight is 729 g/mol. The number of nitrogens with zero attached hydrogens (tertiary/aromatic N) is 2. The van der Waals surface area contributed by atoms with E-state index in [-0.39, 0.29) is 28.0 Å². The minimum Gasteiger partial charge on any atom is -0.206 e. The molecule has 2 aliphatic rings. The molecule has 2 aromatic rings. The molecule has 1 aromatic carbocycles. The largest absolute Gasteiger partial charge is 0.419 e. The van der Waals surface area contributed by atoms with Gasteiger partial charge in [-0.2, -0.15) is 23.4 Å². The molecule has 1 heterocycles. The summed E-state index contributed by atoms with van der Waals surface area (Å²) >= 11 is 0. The lowest BCUT2D eigenvalue weighted by atomic mass is 9.59. The van der Waals surface area contributed by atoms with E-state index in [9.17, 15) is 17.6 Å². The van der Waals surface area contributed by atoms with Crippen LogP contribution in [0.5, 0.6) is 0 Å². The van der Waals surface area contributed by atoms with Crippen LogP contribution in [0.1, 0.15) is 230 Å². The topological polar surface area (TPSA) is 25.8 Å². The van der Waals surface area contributed by atoms with Crippen molar-refractivity contribution in [1.82, 2.24) is 10.2 Å². The average Bonchev–Trinajstić information content (AvgIpc) is 3.55. The third-order valence-electron chi connectivity index (χ3n) is 13.1. The highest BCUT2D eigenvalue weighted by Gasteiger charge is 2.66. The molecular weight excluding hydrogens is 657 g/mol. The van der Waals surface area contributed by atoms with E-state index < -0.39 is 17.6 Å². The summed E-state index contributed by atoms with van der Waals surface area (Å²) < 4.78 is 57.3. The van der Waals surface area contributed by atoms with Gasteiger partial charge < -0.3 is 0 Å². The molecule has 2 aliphatic carbocycles. The number of halogens is 4. The predicted octanol–water partition coefficient (Wildman–Crippen LogP) is 16.0.